The minimum atomic E-state index is -0.510. The van der Waals surface area contributed by atoms with Crippen LogP contribution < -0.4 is 15.4 Å². The van der Waals surface area contributed by atoms with Gasteiger partial charge in [0, 0.05) is 19.6 Å². The number of benzene rings is 2. The van der Waals surface area contributed by atoms with E-state index < -0.39 is 11.8 Å². The summed E-state index contributed by atoms with van der Waals surface area (Å²) in [5, 5.41) is 5.08. The number of methoxy groups -OCH3 is 1. The second kappa shape index (κ2) is 10.2. The second-order valence-corrected chi connectivity index (χ2v) is 6.04. The highest BCUT2D eigenvalue weighted by Crippen LogP contribution is 2.18. The summed E-state index contributed by atoms with van der Waals surface area (Å²) in [6.45, 7) is 2.44. The van der Waals surface area contributed by atoms with Crippen molar-refractivity contribution in [1.29, 1.82) is 0 Å². The van der Waals surface area contributed by atoms with Gasteiger partial charge >= 0.3 is 6.03 Å². The van der Waals surface area contributed by atoms with Gasteiger partial charge in [-0.25, -0.2) is 13.6 Å². The first-order valence-electron chi connectivity index (χ1n) is 8.79. The van der Waals surface area contributed by atoms with Gasteiger partial charge in [-0.05, 0) is 42.3 Å². The van der Waals surface area contributed by atoms with Gasteiger partial charge in [0.05, 0.1) is 13.7 Å². The molecule has 0 aliphatic heterocycles. The number of nitrogens with one attached hydrogen (secondary N) is 2. The summed E-state index contributed by atoms with van der Waals surface area (Å²) < 4.78 is 31.5. The molecule has 0 saturated heterocycles. The summed E-state index contributed by atoms with van der Waals surface area (Å²) in [4.78, 5) is 25.7. The van der Waals surface area contributed by atoms with Gasteiger partial charge in [-0.3, -0.25) is 4.79 Å². The summed E-state index contributed by atoms with van der Waals surface area (Å²) in [7, 11) is 1.38. The van der Waals surface area contributed by atoms with Crippen LogP contribution in [0, 0.1) is 11.6 Å². The highest BCUT2D eigenvalue weighted by Gasteiger charge is 2.14. The third kappa shape index (κ3) is 6.22. The molecule has 150 valence electrons. The minimum absolute atomic E-state index is 0.137. The number of amides is 3. The molecule has 0 atom stereocenters. The van der Waals surface area contributed by atoms with Crippen molar-refractivity contribution in [2.24, 2.45) is 0 Å². The maximum Gasteiger partial charge on any atom is 0.315 e. The molecule has 0 bridgehead atoms. The lowest BCUT2D eigenvalue weighted by atomic mass is 10.2. The molecule has 0 fully saturated rings. The average Bonchev–Trinajstić information content (AvgIpc) is 2.70. The number of likely N-dealkylation sites (N-methyl/N-ethyl adjacent to an activating group) is 1. The lowest BCUT2D eigenvalue weighted by Crippen LogP contribution is -2.43. The standard InChI is InChI=1S/C20H23F2N3O3/c1-3-25(13-15-6-9-18(28-2)17(22)10-15)19(26)12-24-20(27)23-11-14-4-7-16(21)8-5-14/h4-10H,3,11-13H2,1-2H3,(H2,23,24,27). The van der Waals surface area contributed by atoms with Crippen LogP contribution in [0.5, 0.6) is 5.75 Å². The Morgan fingerprint density at radius 1 is 1.04 bits per heavy atom. The number of rotatable bonds is 8. The molecule has 3 amide bonds. The van der Waals surface area contributed by atoms with Crippen LogP contribution in [0.15, 0.2) is 42.5 Å². The van der Waals surface area contributed by atoms with Gasteiger partial charge in [0.25, 0.3) is 0 Å². The van der Waals surface area contributed by atoms with Crippen molar-refractivity contribution in [3.63, 3.8) is 0 Å². The van der Waals surface area contributed by atoms with Crippen LogP contribution in [-0.4, -0.2) is 37.0 Å². The van der Waals surface area contributed by atoms with E-state index in [1.165, 1.54) is 36.3 Å². The molecule has 0 unspecified atom stereocenters. The maximum atomic E-state index is 13.8. The summed E-state index contributed by atoms with van der Waals surface area (Å²) in [6.07, 6.45) is 0. The fourth-order valence-electron chi connectivity index (χ4n) is 2.52. The van der Waals surface area contributed by atoms with Crippen LogP contribution in [0.1, 0.15) is 18.1 Å². The quantitative estimate of drug-likeness (QED) is 0.727. The molecule has 0 aliphatic carbocycles. The Labute approximate surface area is 162 Å². The molecule has 0 radical (unpaired) electrons. The third-order valence-corrected chi connectivity index (χ3v) is 4.09. The molecule has 2 aromatic rings. The summed E-state index contributed by atoms with van der Waals surface area (Å²) in [5.74, 6) is -1.01. The monoisotopic (exact) mass is 391 g/mol. The molecule has 0 aromatic heterocycles. The van der Waals surface area contributed by atoms with Crippen LogP contribution >= 0.6 is 0 Å². The number of carbonyl (C=O) groups excluding carboxylic acids is 2. The largest absolute Gasteiger partial charge is 0.494 e. The zero-order valence-corrected chi connectivity index (χ0v) is 15.8. The molecule has 6 nitrogen and oxygen atoms in total. The molecular formula is C20H23F2N3O3. The highest BCUT2D eigenvalue weighted by molar-refractivity contribution is 5.84. The first kappa shape index (κ1) is 21.1. The lowest BCUT2D eigenvalue weighted by molar-refractivity contribution is -0.130. The third-order valence-electron chi connectivity index (χ3n) is 4.09. The van der Waals surface area contributed by atoms with Crippen LogP contribution in [-0.2, 0) is 17.9 Å². The summed E-state index contributed by atoms with van der Waals surface area (Å²) in [6, 6.07) is 9.73. The van der Waals surface area contributed by atoms with Crippen molar-refractivity contribution in [2.75, 3.05) is 20.2 Å². The lowest BCUT2D eigenvalue weighted by Gasteiger charge is -2.21. The van der Waals surface area contributed by atoms with Crippen molar-refractivity contribution in [2.45, 2.75) is 20.0 Å². The number of ether oxygens (including phenoxy) is 1. The van der Waals surface area contributed by atoms with Gasteiger partial charge in [0.15, 0.2) is 11.6 Å². The first-order chi connectivity index (χ1) is 13.4. The first-order valence-corrected chi connectivity index (χ1v) is 8.79. The molecule has 2 aromatic carbocycles. The topological polar surface area (TPSA) is 70.7 Å². The van der Waals surface area contributed by atoms with Crippen molar-refractivity contribution in [3.05, 3.63) is 65.2 Å². The highest BCUT2D eigenvalue weighted by atomic mass is 19.1. The van der Waals surface area contributed by atoms with Crippen molar-refractivity contribution in [1.82, 2.24) is 15.5 Å². The Balaban J connectivity index is 1.81. The number of hydrogen-bond acceptors (Lipinski definition) is 3. The predicted octanol–water partition coefficient (Wildman–Crippen LogP) is 2.82. The zero-order valence-electron chi connectivity index (χ0n) is 15.8. The maximum absolute atomic E-state index is 13.8. The van der Waals surface area contributed by atoms with E-state index >= 15 is 0 Å². The SMILES string of the molecule is CCN(Cc1ccc(OC)c(F)c1)C(=O)CNC(=O)NCc1ccc(F)cc1. The average molecular weight is 391 g/mol. The Morgan fingerprint density at radius 3 is 2.32 bits per heavy atom. The zero-order chi connectivity index (χ0) is 20.5. The van der Waals surface area contributed by atoms with E-state index in [0.29, 0.717) is 12.1 Å². The summed E-state index contributed by atoms with van der Waals surface area (Å²) >= 11 is 0. The number of nitrogens with zero attached hydrogens (tertiary/aromatic N) is 1. The van der Waals surface area contributed by atoms with Crippen LogP contribution in [0.3, 0.4) is 0 Å². The van der Waals surface area contributed by atoms with Crippen molar-refractivity contribution >= 4 is 11.9 Å². The normalized spacial score (nSPS) is 10.3. The molecule has 0 saturated carbocycles. The fourth-order valence-corrected chi connectivity index (χ4v) is 2.52. The van der Waals surface area contributed by atoms with Gasteiger partial charge in [0.2, 0.25) is 5.91 Å². The molecule has 8 heteroatoms. The van der Waals surface area contributed by atoms with E-state index in [-0.39, 0.29) is 37.1 Å². The van der Waals surface area contributed by atoms with Crippen molar-refractivity contribution in [3.8, 4) is 5.75 Å². The second-order valence-electron chi connectivity index (χ2n) is 6.04. The molecule has 0 aliphatic rings. The van der Waals surface area contributed by atoms with E-state index in [2.05, 4.69) is 10.6 Å². The number of carbonyl (C=O) groups is 2. The Hall–Kier alpha value is -3.16. The van der Waals surface area contributed by atoms with Crippen LogP contribution in [0.4, 0.5) is 13.6 Å². The van der Waals surface area contributed by atoms with Crippen LogP contribution in [0.25, 0.3) is 0 Å². The predicted molar refractivity (Wildman–Crippen MR) is 101 cm³/mol. The fraction of sp³-hybridized carbons (Fsp3) is 0.300. The van der Waals surface area contributed by atoms with Crippen LogP contribution in [0.2, 0.25) is 0 Å². The molecular weight excluding hydrogens is 368 g/mol. The Morgan fingerprint density at radius 2 is 1.71 bits per heavy atom. The van der Waals surface area contributed by atoms with Gasteiger partial charge < -0.3 is 20.3 Å². The van der Waals surface area contributed by atoms with Gasteiger partial charge in [0.1, 0.15) is 5.82 Å². The van der Waals surface area contributed by atoms with E-state index in [1.54, 1.807) is 25.1 Å². The molecule has 0 heterocycles. The summed E-state index contributed by atoms with van der Waals surface area (Å²) in [5.41, 5.74) is 1.36. The molecule has 2 N–H and O–H groups in total. The Bertz CT molecular complexity index is 813. The molecule has 0 spiro atoms. The van der Waals surface area contributed by atoms with E-state index in [4.69, 9.17) is 4.74 Å². The molecule has 2 rings (SSSR count). The molecule has 28 heavy (non-hydrogen) atoms. The van der Waals surface area contributed by atoms with Gasteiger partial charge in [-0.15, -0.1) is 0 Å². The number of hydrogen-bond donors (Lipinski definition) is 2. The van der Waals surface area contributed by atoms with E-state index in [1.807, 2.05) is 0 Å². The van der Waals surface area contributed by atoms with Crippen molar-refractivity contribution < 1.29 is 23.1 Å². The van der Waals surface area contributed by atoms with Gasteiger partial charge in [-0.2, -0.15) is 0 Å². The number of halogens is 2. The smallest absolute Gasteiger partial charge is 0.315 e. The van der Waals surface area contributed by atoms with E-state index in [0.717, 1.165) is 5.56 Å². The van der Waals surface area contributed by atoms with Gasteiger partial charge in [-0.1, -0.05) is 18.2 Å². The number of urea groups is 1. The van der Waals surface area contributed by atoms with E-state index in [9.17, 15) is 18.4 Å². The Kier molecular flexibility index (Phi) is 7.74. The minimum Gasteiger partial charge on any atom is -0.494 e.